The molecular formula is C15H10F3N3O3S. The molecule has 2 rings (SSSR count). The highest BCUT2D eigenvalue weighted by Gasteiger charge is 2.31. The number of benzene rings is 1. The van der Waals surface area contributed by atoms with Crippen molar-refractivity contribution in [3.05, 3.63) is 65.0 Å². The minimum atomic E-state index is -4.61. The summed E-state index contributed by atoms with van der Waals surface area (Å²) in [4.78, 5) is 15.2. The van der Waals surface area contributed by atoms with Crippen LogP contribution in [0.1, 0.15) is 27.2 Å². The van der Waals surface area contributed by atoms with Crippen LogP contribution in [0.2, 0.25) is 0 Å². The van der Waals surface area contributed by atoms with Gasteiger partial charge in [-0.3, -0.25) is 9.78 Å². The highest BCUT2D eigenvalue weighted by Crippen LogP contribution is 2.28. The quantitative estimate of drug-likeness (QED) is 0.891. The van der Waals surface area contributed by atoms with Crippen molar-refractivity contribution in [2.45, 2.75) is 11.9 Å². The van der Waals surface area contributed by atoms with Gasteiger partial charge in [0.15, 0.2) is 0 Å². The fourth-order valence-electron chi connectivity index (χ4n) is 1.88. The van der Waals surface area contributed by atoms with Gasteiger partial charge >= 0.3 is 6.18 Å². The molecule has 10 heteroatoms. The Morgan fingerprint density at radius 2 is 1.96 bits per heavy atom. The number of nitriles is 1. The van der Waals surface area contributed by atoms with E-state index in [-0.39, 0.29) is 11.1 Å². The van der Waals surface area contributed by atoms with Gasteiger partial charge in [-0.05, 0) is 29.8 Å². The number of sulfonamides is 1. The topological polar surface area (TPSA) is 99.9 Å². The summed E-state index contributed by atoms with van der Waals surface area (Å²) < 4.78 is 63.0. The Bertz CT molecular complexity index is 933. The van der Waals surface area contributed by atoms with Gasteiger partial charge < -0.3 is 0 Å². The number of rotatable bonds is 4. The molecule has 0 saturated heterocycles. The highest BCUT2D eigenvalue weighted by atomic mass is 32.2. The van der Waals surface area contributed by atoms with E-state index in [1.165, 1.54) is 24.3 Å². The van der Waals surface area contributed by atoms with E-state index >= 15 is 0 Å². The van der Waals surface area contributed by atoms with Crippen LogP contribution in [0, 0.1) is 11.3 Å². The molecule has 25 heavy (non-hydrogen) atoms. The van der Waals surface area contributed by atoms with Crippen LogP contribution in [0.5, 0.6) is 0 Å². The van der Waals surface area contributed by atoms with E-state index in [2.05, 4.69) is 4.98 Å². The van der Waals surface area contributed by atoms with Crippen molar-refractivity contribution in [1.29, 1.82) is 5.26 Å². The molecule has 1 N–H and O–H groups in total. The molecule has 0 radical (unpaired) electrons. The molecule has 0 atom stereocenters. The zero-order valence-corrected chi connectivity index (χ0v) is 13.2. The fourth-order valence-corrected chi connectivity index (χ4v) is 2.95. The fraction of sp³-hybridized carbons (Fsp3) is 0.133. The maximum Gasteiger partial charge on any atom is 0.417 e. The summed E-state index contributed by atoms with van der Waals surface area (Å²) in [5.41, 5.74) is -0.995. The number of carbonyl (C=O) groups is 1. The van der Waals surface area contributed by atoms with Crippen LogP contribution in [-0.2, 0) is 22.0 Å². The number of aromatic nitrogens is 1. The zero-order valence-electron chi connectivity index (χ0n) is 12.4. The molecule has 0 spiro atoms. The van der Waals surface area contributed by atoms with Crippen molar-refractivity contribution in [1.82, 2.24) is 9.71 Å². The number of amides is 1. The molecule has 1 heterocycles. The number of halogens is 3. The third kappa shape index (κ3) is 5.02. The van der Waals surface area contributed by atoms with Crippen LogP contribution in [0.25, 0.3) is 0 Å². The Morgan fingerprint density at radius 1 is 1.24 bits per heavy atom. The summed E-state index contributed by atoms with van der Waals surface area (Å²) in [5.74, 6) is -1.72. The van der Waals surface area contributed by atoms with Crippen LogP contribution >= 0.6 is 0 Å². The first-order valence-corrected chi connectivity index (χ1v) is 8.33. The van der Waals surface area contributed by atoms with E-state index in [1.807, 2.05) is 6.07 Å². The van der Waals surface area contributed by atoms with Crippen molar-refractivity contribution in [3.63, 3.8) is 0 Å². The van der Waals surface area contributed by atoms with Gasteiger partial charge in [0, 0.05) is 6.20 Å². The lowest BCUT2D eigenvalue weighted by molar-refractivity contribution is -0.137. The molecule has 0 fully saturated rings. The molecule has 0 bridgehead atoms. The second-order valence-electron chi connectivity index (χ2n) is 4.93. The van der Waals surface area contributed by atoms with Crippen molar-refractivity contribution >= 4 is 15.9 Å². The number of carbonyl (C=O) groups excluding carboxylic acids is 1. The minimum Gasteiger partial charge on any atom is -0.266 e. The first-order valence-electron chi connectivity index (χ1n) is 6.68. The largest absolute Gasteiger partial charge is 0.417 e. The number of nitrogens with one attached hydrogen (secondary N) is 1. The van der Waals surface area contributed by atoms with Crippen LogP contribution in [-0.4, -0.2) is 19.3 Å². The minimum absolute atomic E-state index is 0.253. The molecule has 0 aliphatic rings. The summed E-state index contributed by atoms with van der Waals surface area (Å²) in [6.07, 6.45) is -4.17. The molecule has 1 aromatic heterocycles. The zero-order chi connectivity index (χ0) is 18.7. The van der Waals surface area contributed by atoms with Gasteiger partial charge in [0.1, 0.15) is 5.69 Å². The lowest BCUT2D eigenvalue weighted by Crippen LogP contribution is -2.32. The average Bonchev–Trinajstić information content (AvgIpc) is 2.53. The van der Waals surface area contributed by atoms with Gasteiger partial charge in [-0.2, -0.15) is 18.4 Å². The maximum atomic E-state index is 12.4. The Kier molecular flexibility index (Phi) is 5.08. The summed E-state index contributed by atoms with van der Waals surface area (Å²) >= 11 is 0. The Balaban J connectivity index is 2.12. The Morgan fingerprint density at radius 3 is 2.52 bits per heavy atom. The van der Waals surface area contributed by atoms with Crippen LogP contribution < -0.4 is 4.72 Å². The summed E-state index contributed by atoms with van der Waals surface area (Å²) in [6, 6.07) is 9.05. The lowest BCUT2D eigenvalue weighted by atomic mass is 10.2. The monoisotopic (exact) mass is 369 g/mol. The second kappa shape index (κ2) is 6.90. The normalized spacial score (nSPS) is 11.6. The van der Waals surface area contributed by atoms with E-state index in [0.717, 1.165) is 6.07 Å². The SMILES string of the molecule is N#Cc1cccc(CS(=O)(=O)NC(=O)c2ccc(C(F)(F)F)cn2)c1. The van der Waals surface area contributed by atoms with Crippen LogP contribution in [0.3, 0.4) is 0 Å². The van der Waals surface area contributed by atoms with Gasteiger partial charge in [0.05, 0.1) is 22.9 Å². The smallest absolute Gasteiger partial charge is 0.266 e. The molecule has 1 amide bonds. The van der Waals surface area contributed by atoms with Crippen molar-refractivity contribution in [2.24, 2.45) is 0 Å². The third-order valence-electron chi connectivity index (χ3n) is 2.98. The first kappa shape index (κ1) is 18.4. The first-order chi connectivity index (χ1) is 11.6. The predicted octanol–water partition coefficient (Wildman–Crippen LogP) is 2.23. The van der Waals surface area contributed by atoms with Crippen molar-refractivity contribution < 1.29 is 26.4 Å². The van der Waals surface area contributed by atoms with Crippen molar-refractivity contribution in [2.75, 3.05) is 0 Å². The summed E-state index contributed by atoms with van der Waals surface area (Å²) in [5, 5.41) is 8.78. The molecule has 0 aliphatic heterocycles. The number of hydrogen-bond donors (Lipinski definition) is 1. The van der Waals surface area contributed by atoms with Gasteiger partial charge in [0.25, 0.3) is 5.91 Å². The van der Waals surface area contributed by atoms with Gasteiger partial charge in [-0.1, -0.05) is 12.1 Å². The van der Waals surface area contributed by atoms with E-state index < -0.39 is 39.1 Å². The number of nitrogens with zero attached hydrogens (tertiary/aromatic N) is 2. The third-order valence-corrected chi connectivity index (χ3v) is 4.19. The molecule has 6 nitrogen and oxygen atoms in total. The number of alkyl halides is 3. The standard InChI is InChI=1S/C15H10F3N3O3S/c16-15(17,18)12-4-5-13(20-8-12)14(22)21-25(23,24)9-11-3-1-2-10(6-11)7-19/h1-6,8H,9H2,(H,21,22). The average molecular weight is 369 g/mol. The summed E-state index contributed by atoms with van der Waals surface area (Å²) in [7, 11) is -4.12. The molecule has 0 aliphatic carbocycles. The molecule has 2 aromatic rings. The van der Waals surface area contributed by atoms with Gasteiger partial charge in [-0.15, -0.1) is 0 Å². The Labute approximate surface area is 141 Å². The highest BCUT2D eigenvalue weighted by molar-refractivity contribution is 7.89. The number of pyridine rings is 1. The van der Waals surface area contributed by atoms with E-state index in [0.29, 0.717) is 12.3 Å². The van der Waals surface area contributed by atoms with Crippen LogP contribution in [0.15, 0.2) is 42.6 Å². The van der Waals surface area contributed by atoms with Crippen LogP contribution in [0.4, 0.5) is 13.2 Å². The van der Waals surface area contributed by atoms with E-state index in [1.54, 1.807) is 4.72 Å². The molecular weight excluding hydrogens is 359 g/mol. The molecule has 0 unspecified atom stereocenters. The van der Waals surface area contributed by atoms with Gasteiger partial charge in [-0.25, -0.2) is 13.1 Å². The molecule has 1 aromatic carbocycles. The molecule has 0 saturated carbocycles. The number of hydrogen-bond acceptors (Lipinski definition) is 5. The second-order valence-corrected chi connectivity index (χ2v) is 6.65. The predicted molar refractivity (Wildman–Crippen MR) is 80.5 cm³/mol. The van der Waals surface area contributed by atoms with E-state index in [9.17, 15) is 26.4 Å². The van der Waals surface area contributed by atoms with Crippen molar-refractivity contribution in [3.8, 4) is 6.07 Å². The van der Waals surface area contributed by atoms with E-state index in [4.69, 9.17) is 5.26 Å². The summed E-state index contributed by atoms with van der Waals surface area (Å²) in [6.45, 7) is 0. The van der Waals surface area contributed by atoms with Gasteiger partial charge in [0.2, 0.25) is 10.0 Å². The Hall–Kier alpha value is -2.93. The lowest BCUT2D eigenvalue weighted by Gasteiger charge is -2.08. The maximum absolute atomic E-state index is 12.4. The molecule has 130 valence electrons.